The maximum Gasteiger partial charge on any atom is 0.110 e. The Morgan fingerprint density at radius 2 is 2.46 bits per heavy atom. The third-order valence-electron chi connectivity index (χ3n) is 1.87. The van der Waals surface area contributed by atoms with Crippen LogP contribution in [0.4, 0.5) is 0 Å². The number of allylic oxidation sites excluding steroid dienone is 1. The van der Waals surface area contributed by atoms with Gasteiger partial charge < -0.3 is 5.73 Å². The fourth-order valence-electron chi connectivity index (χ4n) is 1.13. The third-order valence-corrected chi connectivity index (χ3v) is 2.53. The van der Waals surface area contributed by atoms with Crippen LogP contribution in [0.25, 0.3) is 0 Å². The Labute approximate surface area is 87.0 Å². The summed E-state index contributed by atoms with van der Waals surface area (Å²) in [6.45, 7) is 3.67. The van der Waals surface area contributed by atoms with Gasteiger partial charge in [-0.2, -0.15) is 0 Å². The van der Waals surface area contributed by atoms with Crippen LogP contribution < -0.4 is 5.73 Å². The van der Waals surface area contributed by atoms with Gasteiger partial charge in [0.05, 0.1) is 0 Å². The normalized spacial score (nSPS) is 12.5. The van der Waals surface area contributed by atoms with E-state index in [9.17, 15) is 0 Å². The number of hydrogen-bond acceptors (Lipinski definition) is 2. The highest BCUT2D eigenvalue weighted by molar-refractivity contribution is 9.10. The number of rotatable bonds is 4. The molecule has 0 bridgehead atoms. The van der Waals surface area contributed by atoms with Crippen molar-refractivity contribution >= 4 is 15.9 Å². The van der Waals surface area contributed by atoms with Crippen molar-refractivity contribution < 1.29 is 0 Å². The summed E-state index contributed by atoms with van der Waals surface area (Å²) in [4.78, 5) is 4.12. The number of halogens is 1. The molecule has 3 heteroatoms. The molecule has 0 aliphatic rings. The van der Waals surface area contributed by atoms with Crippen molar-refractivity contribution in [3.05, 3.63) is 41.2 Å². The van der Waals surface area contributed by atoms with Gasteiger partial charge >= 0.3 is 0 Å². The fourth-order valence-corrected chi connectivity index (χ4v) is 1.67. The minimum Gasteiger partial charge on any atom is -0.324 e. The molecule has 1 atom stereocenters. The minimum atomic E-state index is 0.0427. The van der Waals surface area contributed by atoms with Gasteiger partial charge in [0.15, 0.2) is 0 Å². The molecule has 0 aromatic carbocycles. The second kappa shape index (κ2) is 5.14. The first-order chi connectivity index (χ1) is 6.25. The standard InChI is InChI=1S/C10H13BrN2/c1-2-3-6-9(12)8-5-4-7-13-10(8)11/h2,4-5,7,9H,1,3,6,12H2/t9-/m0/s1. The molecule has 2 nitrogen and oxygen atoms in total. The molecule has 0 saturated heterocycles. The van der Waals surface area contributed by atoms with E-state index >= 15 is 0 Å². The van der Waals surface area contributed by atoms with Crippen LogP contribution in [0.2, 0.25) is 0 Å². The molecule has 0 amide bonds. The lowest BCUT2D eigenvalue weighted by Gasteiger charge is -2.11. The van der Waals surface area contributed by atoms with Crippen LogP contribution >= 0.6 is 15.9 Å². The highest BCUT2D eigenvalue weighted by atomic mass is 79.9. The number of nitrogens with zero attached hydrogens (tertiary/aromatic N) is 1. The summed E-state index contributed by atoms with van der Waals surface area (Å²) < 4.78 is 0.839. The highest BCUT2D eigenvalue weighted by Crippen LogP contribution is 2.22. The largest absolute Gasteiger partial charge is 0.324 e. The molecule has 0 radical (unpaired) electrons. The summed E-state index contributed by atoms with van der Waals surface area (Å²) in [6.07, 6.45) is 5.47. The summed E-state index contributed by atoms with van der Waals surface area (Å²) in [6, 6.07) is 3.93. The summed E-state index contributed by atoms with van der Waals surface area (Å²) in [7, 11) is 0. The van der Waals surface area contributed by atoms with Crippen molar-refractivity contribution in [2.24, 2.45) is 5.73 Å². The lowest BCUT2D eigenvalue weighted by molar-refractivity contribution is 0.655. The molecule has 0 aliphatic heterocycles. The Morgan fingerprint density at radius 3 is 3.08 bits per heavy atom. The second-order valence-electron chi connectivity index (χ2n) is 2.86. The van der Waals surface area contributed by atoms with Crippen LogP contribution in [0.3, 0.4) is 0 Å². The molecule has 0 aliphatic carbocycles. The molecule has 13 heavy (non-hydrogen) atoms. The SMILES string of the molecule is C=CCC[C@H](N)c1cccnc1Br. The van der Waals surface area contributed by atoms with Gasteiger partial charge in [0.1, 0.15) is 4.60 Å². The molecule has 0 unspecified atom stereocenters. The number of nitrogens with two attached hydrogens (primary N) is 1. The van der Waals surface area contributed by atoms with Gasteiger partial charge in [0.2, 0.25) is 0 Å². The molecule has 0 fully saturated rings. The van der Waals surface area contributed by atoms with E-state index in [1.807, 2.05) is 18.2 Å². The van der Waals surface area contributed by atoms with Gasteiger partial charge in [-0.3, -0.25) is 0 Å². The van der Waals surface area contributed by atoms with Gasteiger partial charge in [-0.25, -0.2) is 4.98 Å². The maximum absolute atomic E-state index is 5.96. The predicted octanol–water partition coefficient (Wildman–Crippen LogP) is 2.81. The van der Waals surface area contributed by atoms with Crippen LogP contribution in [-0.4, -0.2) is 4.98 Å². The van der Waals surface area contributed by atoms with E-state index < -0.39 is 0 Å². The lowest BCUT2D eigenvalue weighted by Crippen LogP contribution is -2.10. The van der Waals surface area contributed by atoms with E-state index in [4.69, 9.17) is 5.73 Å². The van der Waals surface area contributed by atoms with Gasteiger partial charge in [0.25, 0.3) is 0 Å². The summed E-state index contributed by atoms with van der Waals surface area (Å²) in [5.74, 6) is 0. The third kappa shape index (κ3) is 2.94. The van der Waals surface area contributed by atoms with Gasteiger partial charge in [0, 0.05) is 17.8 Å². The minimum absolute atomic E-state index is 0.0427. The number of aromatic nitrogens is 1. The first kappa shape index (κ1) is 10.4. The quantitative estimate of drug-likeness (QED) is 0.650. The average Bonchev–Trinajstić information content (AvgIpc) is 2.15. The first-order valence-corrected chi connectivity index (χ1v) is 5.02. The van der Waals surface area contributed by atoms with Crippen molar-refractivity contribution in [1.29, 1.82) is 0 Å². The molecule has 1 rings (SSSR count). The van der Waals surface area contributed by atoms with Crippen LogP contribution in [0.1, 0.15) is 24.4 Å². The molecule has 0 spiro atoms. The Balaban J connectivity index is 2.70. The van der Waals surface area contributed by atoms with E-state index in [0.29, 0.717) is 0 Å². The predicted molar refractivity (Wildman–Crippen MR) is 58.3 cm³/mol. The van der Waals surface area contributed by atoms with Crippen LogP contribution in [0, 0.1) is 0 Å². The van der Waals surface area contributed by atoms with Gasteiger partial charge in [-0.05, 0) is 34.8 Å². The number of pyridine rings is 1. The van der Waals surface area contributed by atoms with Crippen molar-refractivity contribution in [3.8, 4) is 0 Å². The Kier molecular flexibility index (Phi) is 4.12. The van der Waals surface area contributed by atoms with E-state index in [-0.39, 0.29) is 6.04 Å². The van der Waals surface area contributed by atoms with Crippen LogP contribution in [-0.2, 0) is 0 Å². The maximum atomic E-state index is 5.96. The molecular weight excluding hydrogens is 228 g/mol. The molecule has 70 valence electrons. The summed E-state index contributed by atoms with van der Waals surface area (Å²) in [5.41, 5.74) is 7.02. The lowest BCUT2D eigenvalue weighted by atomic mass is 10.1. The van der Waals surface area contributed by atoms with Crippen molar-refractivity contribution in [2.45, 2.75) is 18.9 Å². The van der Waals surface area contributed by atoms with E-state index in [2.05, 4.69) is 27.5 Å². The molecule has 0 saturated carbocycles. The highest BCUT2D eigenvalue weighted by Gasteiger charge is 2.08. The zero-order valence-corrected chi connectivity index (χ0v) is 9.00. The van der Waals surface area contributed by atoms with E-state index in [1.165, 1.54) is 0 Å². The van der Waals surface area contributed by atoms with Gasteiger partial charge in [-0.15, -0.1) is 6.58 Å². The van der Waals surface area contributed by atoms with Crippen molar-refractivity contribution in [3.63, 3.8) is 0 Å². The molecule has 1 aromatic rings. The second-order valence-corrected chi connectivity index (χ2v) is 3.61. The summed E-state index contributed by atoms with van der Waals surface area (Å²) in [5, 5.41) is 0. The van der Waals surface area contributed by atoms with Gasteiger partial charge in [-0.1, -0.05) is 12.1 Å². The Morgan fingerprint density at radius 1 is 1.69 bits per heavy atom. The average molecular weight is 241 g/mol. The van der Waals surface area contributed by atoms with Crippen molar-refractivity contribution in [1.82, 2.24) is 4.98 Å². The van der Waals surface area contributed by atoms with Crippen LogP contribution in [0.5, 0.6) is 0 Å². The van der Waals surface area contributed by atoms with E-state index in [0.717, 1.165) is 23.0 Å². The van der Waals surface area contributed by atoms with Crippen molar-refractivity contribution in [2.75, 3.05) is 0 Å². The monoisotopic (exact) mass is 240 g/mol. The zero-order valence-electron chi connectivity index (χ0n) is 7.41. The molecule has 2 N–H and O–H groups in total. The number of hydrogen-bond donors (Lipinski definition) is 1. The van der Waals surface area contributed by atoms with Crippen LogP contribution in [0.15, 0.2) is 35.6 Å². The molecular formula is C10H13BrN2. The first-order valence-electron chi connectivity index (χ1n) is 4.22. The molecule has 1 aromatic heterocycles. The zero-order chi connectivity index (χ0) is 9.68. The Bertz CT molecular complexity index is 286. The van der Waals surface area contributed by atoms with E-state index in [1.54, 1.807) is 6.20 Å². The summed E-state index contributed by atoms with van der Waals surface area (Å²) >= 11 is 3.37. The smallest absolute Gasteiger partial charge is 0.110 e. The fraction of sp³-hybridized carbons (Fsp3) is 0.300. The Hall–Kier alpha value is -0.670. The molecule has 1 heterocycles. The topological polar surface area (TPSA) is 38.9 Å².